The summed E-state index contributed by atoms with van der Waals surface area (Å²) in [5.74, 6) is 0.246. The van der Waals surface area contributed by atoms with Crippen LogP contribution in [0.25, 0.3) is 0 Å². The quantitative estimate of drug-likeness (QED) is 0.900. The van der Waals surface area contributed by atoms with Crippen LogP contribution >= 0.6 is 0 Å². The third kappa shape index (κ3) is 4.21. The highest BCUT2D eigenvalue weighted by molar-refractivity contribution is 5.76. The number of nitrogens with zero attached hydrogens (tertiary/aromatic N) is 1. The summed E-state index contributed by atoms with van der Waals surface area (Å²) < 4.78 is 17.7. The lowest BCUT2D eigenvalue weighted by molar-refractivity contribution is -0.121. The molecule has 1 aromatic carbocycles. The van der Waals surface area contributed by atoms with Gasteiger partial charge in [0, 0.05) is 13.3 Å². The van der Waals surface area contributed by atoms with Gasteiger partial charge in [-0.1, -0.05) is 12.1 Å². The molecule has 0 aliphatic carbocycles. The summed E-state index contributed by atoms with van der Waals surface area (Å²) in [5.41, 5.74) is 1.64. The minimum Gasteiger partial charge on any atom is -0.449 e. The second-order valence-corrected chi connectivity index (χ2v) is 4.26. The summed E-state index contributed by atoms with van der Waals surface area (Å²) in [6.45, 7) is 2.11. The highest BCUT2D eigenvalue weighted by atomic mass is 19.1. The average molecular weight is 262 g/mol. The van der Waals surface area contributed by atoms with E-state index in [0.29, 0.717) is 31.0 Å². The number of benzene rings is 1. The summed E-state index contributed by atoms with van der Waals surface area (Å²) >= 11 is 0. The van der Waals surface area contributed by atoms with Gasteiger partial charge in [0.15, 0.2) is 5.89 Å². The van der Waals surface area contributed by atoms with E-state index >= 15 is 0 Å². The highest BCUT2D eigenvalue weighted by Gasteiger charge is 2.04. The zero-order valence-corrected chi connectivity index (χ0v) is 10.6. The van der Waals surface area contributed by atoms with Crippen LogP contribution in [0.5, 0.6) is 0 Å². The zero-order valence-electron chi connectivity index (χ0n) is 10.6. The second kappa shape index (κ2) is 6.13. The Morgan fingerprint density at radius 2 is 2.11 bits per heavy atom. The van der Waals surface area contributed by atoms with Gasteiger partial charge in [-0.15, -0.1) is 0 Å². The van der Waals surface area contributed by atoms with Crippen molar-refractivity contribution in [1.82, 2.24) is 10.3 Å². The predicted molar refractivity (Wildman–Crippen MR) is 67.8 cm³/mol. The molecule has 19 heavy (non-hydrogen) atoms. The smallest absolute Gasteiger partial charge is 0.220 e. The third-order valence-corrected chi connectivity index (χ3v) is 2.69. The molecule has 0 unspecified atom stereocenters. The molecule has 0 atom stereocenters. The lowest BCUT2D eigenvalue weighted by Gasteiger charge is -2.03. The van der Waals surface area contributed by atoms with Gasteiger partial charge >= 0.3 is 0 Å². The Kier molecular flexibility index (Phi) is 4.28. The van der Waals surface area contributed by atoms with E-state index in [-0.39, 0.29) is 11.7 Å². The molecular formula is C14H15FN2O2. The maximum Gasteiger partial charge on any atom is 0.220 e. The van der Waals surface area contributed by atoms with Crippen LogP contribution in [-0.4, -0.2) is 10.9 Å². The van der Waals surface area contributed by atoms with Gasteiger partial charge in [-0.05, 0) is 24.1 Å². The number of aromatic nitrogens is 1. The summed E-state index contributed by atoms with van der Waals surface area (Å²) in [6.07, 6.45) is 2.47. The Labute approximate surface area is 110 Å². The number of hydrogen-bond acceptors (Lipinski definition) is 3. The number of oxazole rings is 1. The molecule has 0 aliphatic rings. The molecule has 1 N–H and O–H groups in total. The van der Waals surface area contributed by atoms with Gasteiger partial charge in [-0.25, -0.2) is 9.37 Å². The number of hydrogen-bond donors (Lipinski definition) is 1. The molecule has 1 aromatic heterocycles. The number of amides is 1. The molecule has 0 saturated heterocycles. The van der Waals surface area contributed by atoms with Crippen LogP contribution in [0, 0.1) is 12.7 Å². The van der Waals surface area contributed by atoms with Crippen LogP contribution in [0.15, 0.2) is 34.9 Å². The summed E-state index contributed by atoms with van der Waals surface area (Å²) in [5, 5.41) is 2.76. The topological polar surface area (TPSA) is 55.1 Å². The standard InChI is InChI=1S/C14H15FN2O2/c1-10-17-13(9-19-10)8-16-14(18)7-4-11-2-5-12(15)6-3-11/h2-3,5-6,9H,4,7-8H2,1H3,(H,16,18). The van der Waals surface area contributed by atoms with Crippen molar-refractivity contribution in [2.75, 3.05) is 0 Å². The van der Waals surface area contributed by atoms with Gasteiger partial charge < -0.3 is 9.73 Å². The Balaban J connectivity index is 1.74. The van der Waals surface area contributed by atoms with Gasteiger partial charge in [-0.2, -0.15) is 0 Å². The van der Waals surface area contributed by atoms with Gasteiger partial charge in [0.25, 0.3) is 0 Å². The van der Waals surface area contributed by atoms with Crippen LogP contribution in [0.3, 0.4) is 0 Å². The zero-order chi connectivity index (χ0) is 13.7. The lowest BCUT2D eigenvalue weighted by atomic mass is 10.1. The van der Waals surface area contributed by atoms with Gasteiger partial charge in [0.2, 0.25) is 5.91 Å². The number of rotatable bonds is 5. The maximum atomic E-state index is 12.7. The van der Waals surface area contributed by atoms with Crippen molar-refractivity contribution in [2.24, 2.45) is 0 Å². The first-order valence-electron chi connectivity index (χ1n) is 6.05. The van der Waals surface area contributed by atoms with Crippen LogP contribution in [0.1, 0.15) is 23.6 Å². The average Bonchev–Trinajstić information content (AvgIpc) is 2.81. The Hall–Kier alpha value is -2.17. The number of carbonyl (C=O) groups excluding carboxylic acids is 1. The molecule has 0 saturated carbocycles. The first-order valence-corrected chi connectivity index (χ1v) is 6.05. The number of halogens is 1. The van der Waals surface area contributed by atoms with Crippen molar-refractivity contribution in [1.29, 1.82) is 0 Å². The van der Waals surface area contributed by atoms with E-state index in [9.17, 15) is 9.18 Å². The fourth-order valence-corrected chi connectivity index (χ4v) is 1.68. The van der Waals surface area contributed by atoms with Crippen LogP contribution < -0.4 is 5.32 Å². The summed E-state index contributed by atoms with van der Waals surface area (Å²) in [7, 11) is 0. The van der Waals surface area contributed by atoms with Crippen molar-refractivity contribution < 1.29 is 13.6 Å². The highest BCUT2D eigenvalue weighted by Crippen LogP contribution is 2.05. The Morgan fingerprint density at radius 1 is 1.37 bits per heavy atom. The van der Waals surface area contributed by atoms with E-state index in [1.807, 2.05) is 0 Å². The van der Waals surface area contributed by atoms with E-state index < -0.39 is 0 Å². The van der Waals surface area contributed by atoms with Gasteiger partial charge in [0.1, 0.15) is 12.1 Å². The molecule has 5 heteroatoms. The number of carbonyl (C=O) groups is 1. The van der Waals surface area contributed by atoms with Crippen LogP contribution in [0.4, 0.5) is 4.39 Å². The lowest BCUT2D eigenvalue weighted by Crippen LogP contribution is -2.23. The molecular weight excluding hydrogens is 247 g/mol. The van der Waals surface area contributed by atoms with Gasteiger partial charge in [0.05, 0.1) is 12.2 Å². The molecule has 1 amide bonds. The van der Waals surface area contributed by atoms with Crippen LogP contribution in [-0.2, 0) is 17.8 Å². The molecule has 0 bridgehead atoms. The number of aryl methyl sites for hydroxylation is 2. The van der Waals surface area contributed by atoms with Crippen molar-refractivity contribution in [2.45, 2.75) is 26.3 Å². The first-order chi connectivity index (χ1) is 9.13. The Morgan fingerprint density at radius 3 is 2.74 bits per heavy atom. The fraction of sp³-hybridized carbons (Fsp3) is 0.286. The van der Waals surface area contributed by atoms with E-state index in [4.69, 9.17) is 4.42 Å². The maximum absolute atomic E-state index is 12.7. The molecule has 0 aliphatic heterocycles. The molecule has 100 valence electrons. The monoisotopic (exact) mass is 262 g/mol. The van der Waals surface area contributed by atoms with Crippen molar-refractivity contribution in [3.8, 4) is 0 Å². The molecule has 1 heterocycles. The largest absolute Gasteiger partial charge is 0.449 e. The van der Waals surface area contributed by atoms with E-state index in [0.717, 1.165) is 5.56 Å². The van der Waals surface area contributed by atoms with E-state index in [1.165, 1.54) is 18.4 Å². The summed E-state index contributed by atoms with van der Waals surface area (Å²) in [6, 6.07) is 6.16. The number of nitrogens with one attached hydrogen (secondary N) is 1. The molecule has 2 aromatic rings. The SMILES string of the molecule is Cc1nc(CNC(=O)CCc2ccc(F)cc2)co1. The summed E-state index contributed by atoms with van der Waals surface area (Å²) in [4.78, 5) is 15.7. The van der Waals surface area contributed by atoms with Crippen molar-refractivity contribution >= 4 is 5.91 Å². The second-order valence-electron chi connectivity index (χ2n) is 4.26. The minimum atomic E-state index is -0.269. The third-order valence-electron chi connectivity index (χ3n) is 2.69. The van der Waals surface area contributed by atoms with Crippen LogP contribution in [0.2, 0.25) is 0 Å². The van der Waals surface area contributed by atoms with Crippen molar-refractivity contribution in [3.05, 3.63) is 53.5 Å². The fourth-order valence-electron chi connectivity index (χ4n) is 1.68. The van der Waals surface area contributed by atoms with Gasteiger partial charge in [-0.3, -0.25) is 4.79 Å². The normalized spacial score (nSPS) is 10.4. The molecule has 4 nitrogen and oxygen atoms in total. The first kappa shape index (κ1) is 13.3. The van der Waals surface area contributed by atoms with E-state index in [1.54, 1.807) is 19.1 Å². The predicted octanol–water partition coefficient (Wildman–Crippen LogP) is 2.37. The van der Waals surface area contributed by atoms with Crippen molar-refractivity contribution in [3.63, 3.8) is 0 Å². The Bertz CT molecular complexity index is 549. The molecule has 0 spiro atoms. The molecule has 0 radical (unpaired) electrons. The minimum absolute atomic E-state index is 0.0648. The van der Waals surface area contributed by atoms with E-state index in [2.05, 4.69) is 10.3 Å². The molecule has 2 rings (SSSR count). The molecule has 0 fully saturated rings.